The first-order valence-corrected chi connectivity index (χ1v) is 7.17. The summed E-state index contributed by atoms with van der Waals surface area (Å²) in [5.74, 6) is 1.21. The molecule has 2 nitrogen and oxygen atoms in total. The lowest BCUT2D eigenvalue weighted by molar-refractivity contribution is 0.0944. The third-order valence-corrected chi connectivity index (χ3v) is 4.37. The van der Waals surface area contributed by atoms with Crippen LogP contribution in [0.1, 0.15) is 36.5 Å². The predicted octanol–water partition coefficient (Wildman–Crippen LogP) is 3.79. The third kappa shape index (κ3) is 3.21. The van der Waals surface area contributed by atoms with E-state index in [1.807, 2.05) is 0 Å². The first kappa shape index (κ1) is 13.8. The van der Waals surface area contributed by atoms with Gasteiger partial charge in [-0.1, -0.05) is 31.4 Å². The van der Waals surface area contributed by atoms with Crippen LogP contribution in [-0.4, -0.2) is 12.5 Å². The molecular formula is C14H18ClNOS. The normalized spacial score (nSPS) is 23.1. The number of amides is 1. The Morgan fingerprint density at radius 3 is 2.94 bits per heavy atom. The van der Waals surface area contributed by atoms with E-state index in [2.05, 4.69) is 24.9 Å². The van der Waals surface area contributed by atoms with Crippen molar-refractivity contribution in [1.29, 1.82) is 0 Å². The van der Waals surface area contributed by atoms with Crippen molar-refractivity contribution in [2.24, 2.45) is 11.8 Å². The molecule has 18 heavy (non-hydrogen) atoms. The Labute approximate surface area is 119 Å². The maximum atomic E-state index is 12.1. The maximum Gasteiger partial charge on any atom is 0.252 e. The number of hydrogen-bond donors (Lipinski definition) is 2. The minimum Gasteiger partial charge on any atom is -0.352 e. The van der Waals surface area contributed by atoms with Crippen molar-refractivity contribution in [1.82, 2.24) is 5.32 Å². The van der Waals surface area contributed by atoms with E-state index in [0.717, 1.165) is 11.4 Å². The third-order valence-electron chi connectivity index (χ3n) is 3.76. The Kier molecular flexibility index (Phi) is 4.57. The van der Waals surface area contributed by atoms with Crippen molar-refractivity contribution in [3.8, 4) is 0 Å². The SMILES string of the molecule is CC1CCCC1CNC(=O)c1cc(S)ccc1Cl. The van der Waals surface area contributed by atoms with Crippen molar-refractivity contribution in [2.75, 3.05) is 6.54 Å². The zero-order valence-corrected chi connectivity index (χ0v) is 12.1. The van der Waals surface area contributed by atoms with E-state index < -0.39 is 0 Å². The van der Waals surface area contributed by atoms with E-state index in [-0.39, 0.29) is 5.91 Å². The Hall–Kier alpha value is -0.670. The second-order valence-corrected chi connectivity index (χ2v) is 5.97. The molecule has 0 bridgehead atoms. The number of nitrogens with one attached hydrogen (secondary N) is 1. The van der Waals surface area contributed by atoms with Gasteiger partial charge in [0.1, 0.15) is 0 Å². The van der Waals surface area contributed by atoms with Gasteiger partial charge in [-0.05, 0) is 36.5 Å². The fourth-order valence-electron chi connectivity index (χ4n) is 2.53. The van der Waals surface area contributed by atoms with Gasteiger partial charge in [-0.15, -0.1) is 12.6 Å². The maximum absolute atomic E-state index is 12.1. The Morgan fingerprint density at radius 2 is 2.28 bits per heavy atom. The van der Waals surface area contributed by atoms with Crippen LogP contribution in [0.15, 0.2) is 23.1 Å². The van der Waals surface area contributed by atoms with Crippen LogP contribution in [0.4, 0.5) is 0 Å². The fraction of sp³-hybridized carbons (Fsp3) is 0.500. The Bertz CT molecular complexity index is 449. The molecular weight excluding hydrogens is 266 g/mol. The first-order chi connectivity index (χ1) is 8.58. The summed E-state index contributed by atoms with van der Waals surface area (Å²) >= 11 is 10.2. The molecule has 2 unspecified atom stereocenters. The quantitative estimate of drug-likeness (QED) is 0.812. The first-order valence-electron chi connectivity index (χ1n) is 6.34. The smallest absolute Gasteiger partial charge is 0.252 e. The highest BCUT2D eigenvalue weighted by Gasteiger charge is 2.23. The summed E-state index contributed by atoms with van der Waals surface area (Å²) in [4.78, 5) is 12.8. The largest absolute Gasteiger partial charge is 0.352 e. The second kappa shape index (κ2) is 5.98. The number of carbonyl (C=O) groups is 1. The van der Waals surface area contributed by atoms with Gasteiger partial charge in [0, 0.05) is 11.4 Å². The number of rotatable bonds is 3. The summed E-state index contributed by atoms with van der Waals surface area (Å²) in [5, 5.41) is 3.46. The molecule has 1 aromatic carbocycles. The molecule has 98 valence electrons. The highest BCUT2D eigenvalue weighted by Crippen LogP contribution is 2.30. The van der Waals surface area contributed by atoms with Crippen LogP contribution in [0, 0.1) is 11.8 Å². The molecule has 1 N–H and O–H groups in total. The number of benzene rings is 1. The Balaban J connectivity index is 1.97. The molecule has 1 aliphatic carbocycles. The molecule has 1 fully saturated rings. The molecule has 0 radical (unpaired) electrons. The molecule has 1 amide bonds. The average Bonchev–Trinajstić information content (AvgIpc) is 2.75. The zero-order valence-electron chi connectivity index (χ0n) is 10.4. The minimum absolute atomic E-state index is 0.102. The van der Waals surface area contributed by atoms with Gasteiger partial charge in [0.2, 0.25) is 0 Å². The summed E-state index contributed by atoms with van der Waals surface area (Å²) in [7, 11) is 0. The van der Waals surface area contributed by atoms with Crippen LogP contribution in [0.2, 0.25) is 5.02 Å². The lowest BCUT2D eigenvalue weighted by Gasteiger charge is -2.16. The number of hydrogen-bond acceptors (Lipinski definition) is 2. The molecule has 1 aromatic rings. The molecule has 0 aromatic heterocycles. The molecule has 1 saturated carbocycles. The van der Waals surface area contributed by atoms with Gasteiger partial charge >= 0.3 is 0 Å². The van der Waals surface area contributed by atoms with Gasteiger partial charge in [-0.25, -0.2) is 0 Å². The van der Waals surface area contributed by atoms with Gasteiger partial charge in [0.15, 0.2) is 0 Å². The van der Waals surface area contributed by atoms with E-state index in [1.54, 1.807) is 18.2 Å². The van der Waals surface area contributed by atoms with Crippen LogP contribution >= 0.6 is 24.2 Å². The molecule has 1 aliphatic rings. The second-order valence-electron chi connectivity index (χ2n) is 5.04. The summed E-state index contributed by atoms with van der Waals surface area (Å²) in [6.45, 7) is 3.00. The van der Waals surface area contributed by atoms with Gasteiger partial charge in [-0.2, -0.15) is 0 Å². The highest BCUT2D eigenvalue weighted by atomic mass is 35.5. The minimum atomic E-state index is -0.102. The molecule has 4 heteroatoms. The molecule has 0 saturated heterocycles. The van der Waals surface area contributed by atoms with Crippen LogP contribution < -0.4 is 5.32 Å². The van der Waals surface area contributed by atoms with Crippen molar-refractivity contribution in [3.63, 3.8) is 0 Å². The predicted molar refractivity (Wildman–Crippen MR) is 77.5 cm³/mol. The molecule has 2 rings (SSSR count). The van der Waals surface area contributed by atoms with Gasteiger partial charge < -0.3 is 5.32 Å². The van der Waals surface area contributed by atoms with Crippen LogP contribution in [0.25, 0.3) is 0 Å². The van der Waals surface area contributed by atoms with Crippen molar-refractivity contribution in [2.45, 2.75) is 31.1 Å². The monoisotopic (exact) mass is 283 g/mol. The lowest BCUT2D eigenvalue weighted by atomic mass is 9.98. The summed E-state index contributed by atoms with van der Waals surface area (Å²) in [6, 6.07) is 5.19. The topological polar surface area (TPSA) is 29.1 Å². The fourth-order valence-corrected chi connectivity index (χ4v) is 2.94. The number of carbonyl (C=O) groups excluding carboxylic acids is 1. The van der Waals surface area contributed by atoms with E-state index in [0.29, 0.717) is 22.4 Å². The summed E-state index contributed by atoms with van der Waals surface area (Å²) in [5.41, 5.74) is 0.509. The van der Waals surface area contributed by atoms with E-state index in [1.165, 1.54) is 19.3 Å². The molecule has 0 spiro atoms. The van der Waals surface area contributed by atoms with Crippen molar-refractivity contribution in [3.05, 3.63) is 28.8 Å². The lowest BCUT2D eigenvalue weighted by Crippen LogP contribution is -2.30. The molecule has 0 heterocycles. The van der Waals surface area contributed by atoms with Crippen molar-refractivity contribution < 1.29 is 4.79 Å². The van der Waals surface area contributed by atoms with Crippen LogP contribution in [0.5, 0.6) is 0 Å². The summed E-state index contributed by atoms with van der Waals surface area (Å²) < 4.78 is 0. The number of thiol groups is 1. The van der Waals surface area contributed by atoms with Gasteiger partial charge in [-0.3, -0.25) is 4.79 Å². The van der Waals surface area contributed by atoms with Crippen LogP contribution in [0.3, 0.4) is 0 Å². The zero-order chi connectivity index (χ0) is 13.1. The van der Waals surface area contributed by atoms with E-state index in [9.17, 15) is 4.79 Å². The Morgan fingerprint density at radius 1 is 1.50 bits per heavy atom. The van der Waals surface area contributed by atoms with E-state index >= 15 is 0 Å². The van der Waals surface area contributed by atoms with Crippen LogP contribution in [-0.2, 0) is 0 Å². The van der Waals surface area contributed by atoms with Crippen molar-refractivity contribution >= 4 is 30.1 Å². The van der Waals surface area contributed by atoms with Gasteiger partial charge in [0.25, 0.3) is 5.91 Å². The highest BCUT2D eigenvalue weighted by molar-refractivity contribution is 7.80. The standard InChI is InChI=1S/C14H18ClNOS/c1-9-3-2-4-10(9)8-16-14(17)12-7-11(18)5-6-13(12)15/h5-7,9-10,18H,2-4,8H2,1H3,(H,16,17). The summed E-state index contributed by atoms with van der Waals surface area (Å²) in [6.07, 6.45) is 3.75. The van der Waals surface area contributed by atoms with E-state index in [4.69, 9.17) is 11.6 Å². The number of halogens is 1. The van der Waals surface area contributed by atoms with Gasteiger partial charge in [0.05, 0.1) is 10.6 Å². The molecule has 2 atom stereocenters. The average molecular weight is 284 g/mol. The molecule has 0 aliphatic heterocycles.